The van der Waals surface area contributed by atoms with Crippen LogP contribution in [0.25, 0.3) is 0 Å². The standard InChI is InChI=1S/C24H27FN8O2/c1-12-7-16(12)18-9-21(32-31-18)29-22-15-3-2-4-17(15)28-24(30-22)33-11-14(34)8-19(33)23(35)27-13-5-6-20(25)26-10-13/h5-6,9-10,12,14,16,19,34H,2-4,7-8,11H2,1H3,(H,27,35)(H2,28,29,30,31,32). The van der Waals surface area contributed by atoms with Gasteiger partial charge in [0.05, 0.1) is 23.7 Å². The normalized spacial score (nSPS) is 24.9. The molecule has 3 aliphatic rings. The molecule has 6 rings (SSSR count). The summed E-state index contributed by atoms with van der Waals surface area (Å²) in [6, 6.07) is 3.99. The number of nitrogens with zero attached hydrogens (tertiary/aromatic N) is 5. The van der Waals surface area contributed by atoms with Gasteiger partial charge in [-0.1, -0.05) is 6.92 Å². The molecule has 2 aliphatic carbocycles. The average molecular weight is 479 g/mol. The van der Waals surface area contributed by atoms with E-state index in [4.69, 9.17) is 9.97 Å². The van der Waals surface area contributed by atoms with Crippen molar-refractivity contribution in [2.45, 2.75) is 57.1 Å². The number of aromatic nitrogens is 5. The van der Waals surface area contributed by atoms with Crippen LogP contribution >= 0.6 is 0 Å². The van der Waals surface area contributed by atoms with Gasteiger partial charge in [-0.2, -0.15) is 14.5 Å². The summed E-state index contributed by atoms with van der Waals surface area (Å²) < 4.78 is 13.1. The third-order valence-electron chi connectivity index (χ3n) is 7.11. The van der Waals surface area contributed by atoms with E-state index in [1.165, 1.54) is 24.8 Å². The predicted octanol–water partition coefficient (Wildman–Crippen LogP) is 2.67. The average Bonchev–Trinajstić information content (AvgIpc) is 3.24. The minimum absolute atomic E-state index is 0.240. The van der Waals surface area contributed by atoms with E-state index in [1.807, 2.05) is 6.07 Å². The SMILES string of the molecule is CC1CC1c1cc(Nc2nc(N3CC(O)CC3C(=O)Nc3ccc(F)nc3)nc3c2CCC3)n[nH]1. The monoisotopic (exact) mass is 478 g/mol. The number of rotatable bonds is 6. The number of aliphatic hydroxyl groups excluding tert-OH is 1. The number of carbonyl (C=O) groups is 1. The molecule has 35 heavy (non-hydrogen) atoms. The van der Waals surface area contributed by atoms with Crippen molar-refractivity contribution in [2.75, 3.05) is 22.1 Å². The predicted molar refractivity (Wildman–Crippen MR) is 127 cm³/mol. The molecule has 0 spiro atoms. The fourth-order valence-electron chi connectivity index (χ4n) is 5.08. The maximum absolute atomic E-state index is 13.1. The lowest BCUT2D eigenvalue weighted by atomic mass is 10.2. The molecule has 3 aromatic rings. The Hall–Kier alpha value is -3.60. The number of carbonyl (C=O) groups excluding carboxylic acids is 1. The highest BCUT2D eigenvalue weighted by molar-refractivity contribution is 5.97. The molecule has 0 aromatic carbocycles. The summed E-state index contributed by atoms with van der Waals surface area (Å²) >= 11 is 0. The first-order valence-electron chi connectivity index (χ1n) is 12.0. The number of aryl methyl sites for hydroxylation is 1. The van der Waals surface area contributed by atoms with Gasteiger partial charge in [0.25, 0.3) is 0 Å². The summed E-state index contributed by atoms with van der Waals surface area (Å²) in [6.45, 7) is 2.47. The lowest BCUT2D eigenvalue weighted by Crippen LogP contribution is -2.40. The molecule has 4 N–H and O–H groups in total. The van der Waals surface area contributed by atoms with Crippen LogP contribution in [-0.2, 0) is 17.6 Å². The van der Waals surface area contributed by atoms with Crippen LogP contribution in [0.15, 0.2) is 24.4 Å². The number of aliphatic hydroxyl groups is 1. The number of pyridine rings is 1. The lowest BCUT2D eigenvalue weighted by molar-refractivity contribution is -0.117. The third-order valence-corrected chi connectivity index (χ3v) is 7.11. The zero-order chi connectivity index (χ0) is 24.1. The van der Waals surface area contributed by atoms with Crippen LogP contribution in [0.2, 0.25) is 0 Å². The molecular formula is C24H27FN8O2. The number of nitrogens with one attached hydrogen (secondary N) is 3. The van der Waals surface area contributed by atoms with Gasteiger partial charge in [-0.25, -0.2) is 9.97 Å². The van der Waals surface area contributed by atoms with Gasteiger partial charge in [0.15, 0.2) is 5.82 Å². The van der Waals surface area contributed by atoms with Gasteiger partial charge < -0.3 is 20.6 Å². The Morgan fingerprint density at radius 3 is 2.89 bits per heavy atom. The van der Waals surface area contributed by atoms with Gasteiger partial charge in [0, 0.05) is 36.2 Å². The summed E-state index contributed by atoms with van der Waals surface area (Å²) in [5.74, 6) is 2.05. The molecule has 182 valence electrons. The van der Waals surface area contributed by atoms with E-state index in [9.17, 15) is 14.3 Å². The minimum Gasteiger partial charge on any atom is -0.391 e. The van der Waals surface area contributed by atoms with Crippen molar-refractivity contribution in [2.24, 2.45) is 5.92 Å². The Kier molecular flexibility index (Phi) is 5.36. The van der Waals surface area contributed by atoms with E-state index in [0.29, 0.717) is 35.1 Å². The smallest absolute Gasteiger partial charge is 0.247 e. The number of aromatic amines is 1. The summed E-state index contributed by atoms with van der Waals surface area (Å²) in [5, 5.41) is 24.1. The Bertz CT molecular complexity index is 1260. The maximum atomic E-state index is 13.1. The van der Waals surface area contributed by atoms with Gasteiger partial charge in [0.2, 0.25) is 17.8 Å². The molecule has 4 unspecified atom stereocenters. The number of halogens is 1. The molecule has 1 aliphatic heterocycles. The fourth-order valence-corrected chi connectivity index (χ4v) is 5.08. The van der Waals surface area contributed by atoms with Gasteiger partial charge >= 0.3 is 0 Å². The Morgan fingerprint density at radius 1 is 1.26 bits per heavy atom. The Balaban J connectivity index is 1.26. The quantitative estimate of drug-likeness (QED) is 0.398. The zero-order valence-corrected chi connectivity index (χ0v) is 19.3. The van der Waals surface area contributed by atoms with E-state index in [2.05, 4.69) is 32.7 Å². The van der Waals surface area contributed by atoms with E-state index in [-0.39, 0.29) is 18.9 Å². The summed E-state index contributed by atoms with van der Waals surface area (Å²) in [5.41, 5.74) is 3.53. The molecular weight excluding hydrogens is 451 g/mol. The summed E-state index contributed by atoms with van der Waals surface area (Å²) in [4.78, 5) is 27.9. The van der Waals surface area contributed by atoms with Crippen LogP contribution in [0, 0.1) is 11.9 Å². The number of amides is 1. The van der Waals surface area contributed by atoms with Crippen molar-refractivity contribution in [3.8, 4) is 0 Å². The minimum atomic E-state index is -0.695. The highest BCUT2D eigenvalue weighted by atomic mass is 19.1. The second-order valence-corrected chi connectivity index (χ2v) is 9.72. The Morgan fingerprint density at radius 2 is 2.11 bits per heavy atom. The van der Waals surface area contributed by atoms with Crippen LogP contribution in [0.4, 0.5) is 27.7 Å². The first-order valence-corrected chi connectivity index (χ1v) is 12.0. The van der Waals surface area contributed by atoms with Crippen LogP contribution in [0.3, 0.4) is 0 Å². The first-order chi connectivity index (χ1) is 16.9. The largest absolute Gasteiger partial charge is 0.391 e. The highest BCUT2D eigenvalue weighted by Gasteiger charge is 2.39. The second-order valence-electron chi connectivity index (χ2n) is 9.72. The number of hydrogen-bond donors (Lipinski definition) is 4. The second kappa shape index (κ2) is 8.56. The molecule has 1 saturated carbocycles. The lowest BCUT2D eigenvalue weighted by Gasteiger charge is -2.25. The molecule has 4 heterocycles. The van der Waals surface area contributed by atoms with Crippen molar-refractivity contribution in [3.63, 3.8) is 0 Å². The topological polar surface area (TPSA) is 132 Å². The molecule has 1 saturated heterocycles. The van der Waals surface area contributed by atoms with Crippen LogP contribution in [0.5, 0.6) is 0 Å². The van der Waals surface area contributed by atoms with Gasteiger partial charge in [-0.15, -0.1) is 0 Å². The maximum Gasteiger partial charge on any atom is 0.247 e. The van der Waals surface area contributed by atoms with E-state index >= 15 is 0 Å². The van der Waals surface area contributed by atoms with E-state index in [0.717, 1.165) is 36.2 Å². The van der Waals surface area contributed by atoms with E-state index < -0.39 is 18.1 Å². The molecule has 0 radical (unpaired) electrons. The van der Waals surface area contributed by atoms with Crippen molar-refractivity contribution in [1.82, 2.24) is 25.1 Å². The van der Waals surface area contributed by atoms with Gasteiger partial charge in [0.1, 0.15) is 11.9 Å². The summed E-state index contributed by atoms with van der Waals surface area (Å²) in [6.07, 6.45) is 4.67. The number of fused-ring (bicyclic) bond motifs is 1. The number of H-pyrrole nitrogens is 1. The molecule has 10 nitrogen and oxygen atoms in total. The van der Waals surface area contributed by atoms with Gasteiger partial charge in [-0.05, 0) is 43.7 Å². The van der Waals surface area contributed by atoms with Crippen molar-refractivity contribution >= 4 is 29.2 Å². The fraction of sp³-hybridized carbons (Fsp3) is 0.458. The first kappa shape index (κ1) is 21.9. The van der Waals surface area contributed by atoms with Crippen LogP contribution in [0.1, 0.15) is 49.1 Å². The molecule has 0 bridgehead atoms. The van der Waals surface area contributed by atoms with Crippen molar-refractivity contribution in [1.29, 1.82) is 0 Å². The molecule has 2 fully saturated rings. The number of hydrogen-bond acceptors (Lipinski definition) is 8. The zero-order valence-electron chi connectivity index (χ0n) is 19.3. The Labute approximate surface area is 201 Å². The summed E-state index contributed by atoms with van der Waals surface area (Å²) in [7, 11) is 0. The highest BCUT2D eigenvalue weighted by Crippen LogP contribution is 2.46. The van der Waals surface area contributed by atoms with Crippen LogP contribution in [-0.4, -0.2) is 54.9 Å². The van der Waals surface area contributed by atoms with Crippen molar-refractivity contribution < 1.29 is 14.3 Å². The van der Waals surface area contributed by atoms with Crippen molar-refractivity contribution in [3.05, 3.63) is 47.3 Å². The number of anilines is 4. The molecule has 4 atom stereocenters. The number of β-amino-alcohol motifs (C(OH)–C–C–N with tert-alkyl or cyclic N) is 1. The molecule has 11 heteroatoms. The molecule has 3 aromatic heterocycles. The van der Waals surface area contributed by atoms with E-state index in [1.54, 1.807) is 4.90 Å². The molecule has 1 amide bonds. The third kappa shape index (κ3) is 4.31. The van der Waals surface area contributed by atoms with Crippen LogP contribution < -0.4 is 15.5 Å². The van der Waals surface area contributed by atoms with Gasteiger partial charge in [-0.3, -0.25) is 9.89 Å².